The summed E-state index contributed by atoms with van der Waals surface area (Å²) in [4.78, 5) is 37.0. The Hall–Kier alpha value is -3.12. The molecule has 3 atom stereocenters. The Kier molecular flexibility index (Phi) is 8.58. The van der Waals surface area contributed by atoms with Crippen molar-refractivity contribution in [3.63, 3.8) is 0 Å². The fraction of sp³-hybridized carbons (Fsp3) is 0.633. The minimum Gasteiger partial charge on any atom is -0.363 e. The number of alkyl halides is 3. The van der Waals surface area contributed by atoms with Crippen molar-refractivity contribution in [2.75, 3.05) is 46.4 Å². The lowest BCUT2D eigenvalue weighted by molar-refractivity contribution is -0.249. The number of nitrogens with zero attached hydrogens (tertiary/aromatic N) is 4. The molecule has 2 amide bonds. The molecule has 4 heterocycles. The van der Waals surface area contributed by atoms with E-state index in [9.17, 15) is 22.8 Å². The first-order chi connectivity index (χ1) is 20.0. The highest BCUT2D eigenvalue weighted by atomic mass is 19.4. The van der Waals surface area contributed by atoms with Gasteiger partial charge in [-0.15, -0.1) is 0 Å². The summed E-state index contributed by atoms with van der Waals surface area (Å²) in [6, 6.07) is 3.40. The summed E-state index contributed by atoms with van der Waals surface area (Å²) in [5, 5.41) is 6.56. The van der Waals surface area contributed by atoms with Crippen LogP contribution in [0.15, 0.2) is 48.1 Å². The van der Waals surface area contributed by atoms with Gasteiger partial charge in [0.1, 0.15) is 11.1 Å². The van der Waals surface area contributed by atoms with E-state index in [-0.39, 0.29) is 43.9 Å². The number of pyridine rings is 1. The summed E-state index contributed by atoms with van der Waals surface area (Å²) in [6.07, 6.45) is 4.03. The molecule has 5 rings (SSSR count). The molecule has 4 aliphatic rings. The van der Waals surface area contributed by atoms with Gasteiger partial charge in [0.05, 0.1) is 5.70 Å². The van der Waals surface area contributed by atoms with Gasteiger partial charge in [-0.1, -0.05) is 19.4 Å². The number of likely N-dealkylation sites (tertiary alicyclic amines) is 1. The van der Waals surface area contributed by atoms with Crippen LogP contribution in [0.25, 0.3) is 0 Å². The Morgan fingerprint density at radius 2 is 1.98 bits per heavy atom. The molecule has 42 heavy (non-hydrogen) atoms. The first kappa shape index (κ1) is 30.3. The summed E-state index contributed by atoms with van der Waals surface area (Å²) in [5.74, 6) is -1.10. The number of ether oxygens (including phenoxy) is 1. The van der Waals surface area contributed by atoms with Gasteiger partial charge in [0.25, 0.3) is 5.91 Å². The molecule has 0 aromatic carbocycles. The number of carbonyl (C=O) groups excluding carboxylic acids is 2. The third-order valence-corrected chi connectivity index (χ3v) is 9.17. The van der Waals surface area contributed by atoms with E-state index >= 15 is 0 Å². The van der Waals surface area contributed by atoms with Crippen LogP contribution in [0.4, 0.5) is 13.2 Å². The summed E-state index contributed by atoms with van der Waals surface area (Å²) >= 11 is 0. The Bertz CT molecular complexity index is 1220. The SMILES string of the molecule is CCOC1(c2cccnc2)C=CC(N2CCN(C(=O)C3(C(F)(F)F)CCC3)C[C@H]2CC)=C(C(=O)N[C@H]2CCN(C)C2)N1. The van der Waals surface area contributed by atoms with Crippen LogP contribution in [0, 0.1) is 5.41 Å². The number of hydrogen-bond acceptors (Lipinski definition) is 7. The number of carbonyl (C=O) groups is 2. The molecule has 12 heteroatoms. The van der Waals surface area contributed by atoms with Crippen molar-refractivity contribution in [1.29, 1.82) is 0 Å². The van der Waals surface area contributed by atoms with Crippen molar-refractivity contribution < 1.29 is 27.5 Å². The predicted molar refractivity (Wildman–Crippen MR) is 151 cm³/mol. The van der Waals surface area contributed by atoms with E-state index in [1.54, 1.807) is 18.5 Å². The highest BCUT2D eigenvalue weighted by Crippen LogP contribution is 2.54. The van der Waals surface area contributed by atoms with Gasteiger partial charge in [0.2, 0.25) is 5.91 Å². The molecule has 1 aromatic heterocycles. The summed E-state index contributed by atoms with van der Waals surface area (Å²) < 4.78 is 48.1. The van der Waals surface area contributed by atoms with E-state index in [2.05, 4.69) is 20.5 Å². The standard InChI is InChI=1S/C30H41F3N6O3/c1-4-23-20-38(27(41)28(11-7-12-28)30(31,32)33)16-17-39(23)24-9-13-29(42-5-2,21-8-6-14-34-18-21)36-25(24)26(40)35-22-10-15-37(3)19-22/h6,8-9,13-14,18,22-23,36H,4-5,7,10-12,15-17,19-20H2,1-3H3,(H,35,40)/t22-,23+,29?/m0/s1. The molecule has 0 bridgehead atoms. The number of allylic oxidation sites excluding steroid dienone is 1. The van der Waals surface area contributed by atoms with E-state index in [0.717, 1.165) is 25.1 Å². The monoisotopic (exact) mass is 590 g/mol. The van der Waals surface area contributed by atoms with Gasteiger partial charge in [-0.25, -0.2) is 0 Å². The largest absolute Gasteiger partial charge is 0.403 e. The highest BCUT2D eigenvalue weighted by molar-refractivity contribution is 5.95. The number of amides is 2. The maximum atomic E-state index is 14.0. The zero-order chi connectivity index (χ0) is 30.1. The first-order valence-electron chi connectivity index (χ1n) is 14.9. The van der Waals surface area contributed by atoms with E-state index in [1.165, 1.54) is 4.90 Å². The van der Waals surface area contributed by atoms with Crippen LogP contribution in [0.3, 0.4) is 0 Å². The normalized spacial score (nSPS) is 28.0. The van der Waals surface area contributed by atoms with E-state index < -0.39 is 23.2 Å². The van der Waals surface area contributed by atoms with Gasteiger partial charge in [-0.3, -0.25) is 14.6 Å². The third-order valence-electron chi connectivity index (χ3n) is 9.17. The van der Waals surface area contributed by atoms with Gasteiger partial charge >= 0.3 is 6.18 Å². The van der Waals surface area contributed by atoms with Crippen molar-refractivity contribution in [3.8, 4) is 0 Å². The molecule has 1 saturated carbocycles. The van der Waals surface area contributed by atoms with Crippen molar-refractivity contribution in [3.05, 3.63) is 53.6 Å². The third kappa shape index (κ3) is 5.50. The van der Waals surface area contributed by atoms with Crippen molar-refractivity contribution in [1.82, 2.24) is 30.3 Å². The molecule has 2 saturated heterocycles. The maximum absolute atomic E-state index is 14.0. The quantitative estimate of drug-likeness (QED) is 0.481. The van der Waals surface area contributed by atoms with Gasteiger partial charge in [-0.2, -0.15) is 13.2 Å². The van der Waals surface area contributed by atoms with Crippen molar-refractivity contribution >= 4 is 11.8 Å². The van der Waals surface area contributed by atoms with E-state index in [0.29, 0.717) is 37.4 Å². The molecule has 9 nitrogen and oxygen atoms in total. The van der Waals surface area contributed by atoms with Crippen molar-refractivity contribution in [2.24, 2.45) is 5.41 Å². The fourth-order valence-electron chi connectivity index (χ4n) is 6.60. The molecule has 2 N–H and O–H groups in total. The molecule has 0 radical (unpaired) electrons. The number of hydrogen-bond donors (Lipinski definition) is 2. The Labute approximate surface area is 245 Å². The first-order valence-corrected chi connectivity index (χ1v) is 14.9. The number of likely N-dealkylation sites (N-methyl/N-ethyl adjacent to an activating group) is 1. The van der Waals surface area contributed by atoms with E-state index in [4.69, 9.17) is 4.74 Å². The van der Waals surface area contributed by atoms with Gasteiger partial charge in [0.15, 0.2) is 5.72 Å². The van der Waals surface area contributed by atoms with Crippen LogP contribution < -0.4 is 10.6 Å². The van der Waals surface area contributed by atoms with Crippen LogP contribution in [0.5, 0.6) is 0 Å². The van der Waals surface area contributed by atoms with Crippen molar-refractivity contribution in [2.45, 2.75) is 69.9 Å². The number of nitrogens with one attached hydrogen (secondary N) is 2. The molecule has 1 aliphatic carbocycles. The number of piperazine rings is 1. The summed E-state index contributed by atoms with van der Waals surface area (Å²) in [7, 11) is 2.01. The molecular formula is C30H41F3N6O3. The lowest BCUT2D eigenvalue weighted by Crippen LogP contribution is -2.62. The van der Waals surface area contributed by atoms with Gasteiger partial charge in [0, 0.05) is 62.8 Å². The van der Waals surface area contributed by atoms with Crippen LogP contribution in [0.2, 0.25) is 0 Å². The maximum Gasteiger partial charge on any atom is 0.403 e. The average molecular weight is 591 g/mol. The second-order valence-corrected chi connectivity index (χ2v) is 11.8. The second-order valence-electron chi connectivity index (χ2n) is 11.8. The molecule has 1 unspecified atom stereocenters. The summed E-state index contributed by atoms with van der Waals surface area (Å²) in [5.41, 5.74) is -1.71. The summed E-state index contributed by atoms with van der Waals surface area (Å²) in [6.45, 7) is 6.42. The van der Waals surface area contributed by atoms with Crippen LogP contribution in [0.1, 0.15) is 51.5 Å². The topological polar surface area (TPSA) is 90.0 Å². The fourth-order valence-corrected chi connectivity index (χ4v) is 6.60. The number of halogens is 3. The zero-order valence-corrected chi connectivity index (χ0v) is 24.5. The Morgan fingerprint density at radius 1 is 1.19 bits per heavy atom. The van der Waals surface area contributed by atoms with Crippen LogP contribution >= 0.6 is 0 Å². The molecule has 3 aliphatic heterocycles. The minimum absolute atomic E-state index is 0.0127. The van der Waals surface area contributed by atoms with E-state index in [1.807, 2.05) is 44.0 Å². The van der Waals surface area contributed by atoms with Gasteiger partial charge in [-0.05, 0) is 64.4 Å². The molecule has 3 fully saturated rings. The number of rotatable bonds is 8. The molecular weight excluding hydrogens is 549 g/mol. The highest BCUT2D eigenvalue weighted by Gasteiger charge is 2.64. The van der Waals surface area contributed by atoms with Gasteiger partial charge < -0.3 is 30.1 Å². The second kappa shape index (κ2) is 11.9. The molecule has 230 valence electrons. The Morgan fingerprint density at radius 3 is 2.55 bits per heavy atom. The lowest BCUT2D eigenvalue weighted by Gasteiger charge is -2.49. The Balaban J connectivity index is 1.45. The smallest absolute Gasteiger partial charge is 0.363 e. The molecule has 1 aromatic rings. The molecule has 0 spiro atoms. The van der Waals surface area contributed by atoms with Crippen LogP contribution in [-0.4, -0.2) is 96.1 Å². The number of dihydropyridines is 1. The average Bonchev–Trinajstić information content (AvgIpc) is 3.36. The number of aromatic nitrogens is 1. The van der Waals surface area contributed by atoms with Crippen LogP contribution in [-0.2, 0) is 20.1 Å². The lowest BCUT2D eigenvalue weighted by atomic mass is 9.67. The minimum atomic E-state index is -4.56. The predicted octanol–water partition coefficient (Wildman–Crippen LogP) is 3.12. The zero-order valence-electron chi connectivity index (χ0n) is 24.5.